The van der Waals surface area contributed by atoms with E-state index < -0.39 is 31.3 Å². The van der Waals surface area contributed by atoms with E-state index in [-0.39, 0.29) is 11.0 Å². The molecule has 1 aromatic rings. The van der Waals surface area contributed by atoms with Crippen LogP contribution in [0.25, 0.3) is 0 Å². The summed E-state index contributed by atoms with van der Waals surface area (Å²) in [6.07, 6.45) is 0.607. The number of aryl methyl sites for hydroxylation is 1. The molecule has 3 atom stereocenters. The van der Waals surface area contributed by atoms with Gasteiger partial charge < -0.3 is 9.53 Å². The van der Waals surface area contributed by atoms with Crippen molar-refractivity contribution in [3.8, 4) is 0 Å². The molecule has 0 bridgehead atoms. The van der Waals surface area contributed by atoms with Gasteiger partial charge in [-0.25, -0.2) is 4.21 Å². The van der Waals surface area contributed by atoms with Crippen LogP contribution in [0.4, 0.5) is 0 Å². The highest BCUT2D eigenvalue weighted by molar-refractivity contribution is 7.89. The molecular formula is C21H36O3SSi. The second kappa shape index (κ2) is 8.96. The molecule has 0 unspecified atom stereocenters. The number of benzene rings is 1. The van der Waals surface area contributed by atoms with Crippen molar-refractivity contribution in [2.24, 2.45) is 5.92 Å². The van der Waals surface area contributed by atoms with Crippen LogP contribution in [-0.2, 0) is 15.2 Å². The first-order valence-electron chi connectivity index (χ1n) is 9.32. The first kappa shape index (κ1) is 23.3. The summed E-state index contributed by atoms with van der Waals surface area (Å²) in [7, 11) is -3.43. The van der Waals surface area contributed by atoms with E-state index in [0.717, 1.165) is 5.56 Å². The van der Waals surface area contributed by atoms with Gasteiger partial charge in [-0.05, 0) is 50.0 Å². The molecule has 5 heteroatoms. The SMILES string of the molecule is Cc1ccc([S@@](=O)/C(=C/C(C)C)[C@@H](O)[C@H](C)O[Si](C)(C)C(C)(C)C)cc1. The number of allylic oxidation sites excluding steroid dienone is 1. The van der Waals surface area contributed by atoms with Gasteiger partial charge in [0.1, 0.15) is 6.10 Å². The van der Waals surface area contributed by atoms with Crippen molar-refractivity contribution in [2.45, 2.75) is 83.7 Å². The predicted octanol–water partition coefficient (Wildman–Crippen LogP) is 5.41. The number of hydrogen-bond acceptors (Lipinski definition) is 3. The van der Waals surface area contributed by atoms with Gasteiger partial charge in [-0.15, -0.1) is 0 Å². The smallest absolute Gasteiger partial charge is 0.192 e. The van der Waals surface area contributed by atoms with E-state index in [2.05, 4.69) is 33.9 Å². The molecule has 1 N–H and O–H groups in total. The molecule has 0 aliphatic heterocycles. The van der Waals surface area contributed by atoms with Crippen LogP contribution in [0.2, 0.25) is 18.1 Å². The zero-order valence-electron chi connectivity index (χ0n) is 17.8. The Morgan fingerprint density at radius 2 is 1.65 bits per heavy atom. The van der Waals surface area contributed by atoms with Crippen LogP contribution in [0.3, 0.4) is 0 Å². The molecule has 0 aromatic heterocycles. The molecule has 148 valence electrons. The van der Waals surface area contributed by atoms with Gasteiger partial charge in [-0.1, -0.05) is 58.4 Å². The molecule has 3 nitrogen and oxygen atoms in total. The summed E-state index contributed by atoms with van der Waals surface area (Å²) < 4.78 is 19.5. The molecule has 0 fully saturated rings. The lowest BCUT2D eigenvalue weighted by molar-refractivity contribution is 0.0663. The maximum absolute atomic E-state index is 13.1. The van der Waals surface area contributed by atoms with Gasteiger partial charge in [0.05, 0.1) is 16.9 Å². The Kier molecular flexibility index (Phi) is 8.02. The zero-order chi connectivity index (χ0) is 20.3. The minimum absolute atomic E-state index is 0.0546. The largest absolute Gasteiger partial charge is 0.411 e. The maximum Gasteiger partial charge on any atom is 0.192 e. The molecular weight excluding hydrogens is 360 g/mol. The first-order chi connectivity index (χ1) is 11.8. The lowest BCUT2D eigenvalue weighted by atomic mass is 10.1. The number of rotatable bonds is 7. The molecule has 0 saturated carbocycles. The van der Waals surface area contributed by atoms with Gasteiger partial charge in [-0.2, -0.15) is 0 Å². The monoisotopic (exact) mass is 396 g/mol. The third-order valence-corrected chi connectivity index (χ3v) is 11.0. The van der Waals surface area contributed by atoms with Crippen molar-refractivity contribution in [3.05, 3.63) is 40.8 Å². The normalized spacial score (nSPS) is 17.3. The highest BCUT2D eigenvalue weighted by Crippen LogP contribution is 2.38. The summed E-state index contributed by atoms with van der Waals surface area (Å²) in [6, 6.07) is 7.63. The van der Waals surface area contributed by atoms with Gasteiger partial charge in [0.25, 0.3) is 0 Å². The van der Waals surface area contributed by atoms with Crippen LogP contribution in [0.5, 0.6) is 0 Å². The van der Waals surface area contributed by atoms with Crippen LogP contribution < -0.4 is 0 Å². The Morgan fingerprint density at radius 1 is 1.15 bits per heavy atom. The molecule has 26 heavy (non-hydrogen) atoms. The molecule has 0 amide bonds. The Labute approximate surface area is 163 Å². The van der Waals surface area contributed by atoms with Gasteiger partial charge in [0.15, 0.2) is 8.32 Å². The highest BCUT2D eigenvalue weighted by Gasteiger charge is 2.40. The van der Waals surface area contributed by atoms with Crippen LogP contribution in [0.1, 0.15) is 47.1 Å². The number of aliphatic hydroxyl groups is 1. The second-order valence-electron chi connectivity index (χ2n) is 8.92. The van der Waals surface area contributed by atoms with Crippen molar-refractivity contribution in [1.29, 1.82) is 0 Å². The summed E-state index contributed by atoms with van der Waals surface area (Å²) in [6.45, 7) is 18.8. The third-order valence-electron chi connectivity index (χ3n) is 4.97. The molecule has 0 heterocycles. The Balaban J connectivity index is 3.13. The van der Waals surface area contributed by atoms with E-state index in [1.807, 2.05) is 58.0 Å². The molecule has 0 saturated heterocycles. The molecule has 0 spiro atoms. The molecule has 1 rings (SSSR count). The minimum atomic E-state index is -2.02. The summed E-state index contributed by atoms with van der Waals surface area (Å²) >= 11 is 0. The Morgan fingerprint density at radius 3 is 2.08 bits per heavy atom. The average Bonchev–Trinajstić information content (AvgIpc) is 2.50. The molecule has 0 aliphatic carbocycles. The van der Waals surface area contributed by atoms with Crippen molar-refractivity contribution < 1.29 is 13.7 Å². The van der Waals surface area contributed by atoms with Crippen LogP contribution >= 0.6 is 0 Å². The van der Waals surface area contributed by atoms with E-state index in [4.69, 9.17) is 4.43 Å². The van der Waals surface area contributed by atoms with E-state index in [1.54, 1.807) is 0 Å². The van der Waals surface area contributed by atoms with E-state index in [9.17, 15) is 9.32 Å². The van der Waals surface area contributed by atoms with Gasteiger partial charge in [-0.3, -0.25) is 0 Å². The van der Waals surface area contributed by atoms with Gasteiger partial charge in [0, 0.05) is 9.80 Å². The van der Waals surface area contributed by atoms with Crippen molar-refractivity contribution in [2.75, 3.05) is 0 Å². The summed E-state index contributed by atoms with van der Waals surface area (Å²) in [5, 5.41) is 11.0. The van der Waals surface area contributed by atoms with Crippen molar-refractivity contribution >= 4 is 19.1 Å². The highest BCUT2D eigenvalue weighted by atomic mass is 32.2. The van der Waals surface area contributed by atoms with Gasteiger partial charge >= 0.3 is 0 Å². The summed E-state index contributed by atoms with van der Waals surface area (Å²) in [4.78, 5) is 1.25. The van der Waals surface area contributed by atoms with Crippen molar-refractivity contribution in [3.63, 3.8) is 0 Å². The summed E-state index contributed by atoms with van der Waals surface area (Å²) in [5.41, 5.74) is 1.12. The lowest BCUT2D eigenvalue weighted by Gasteiger charge is -2.39. The molecule has 1 aromatic carbocycles. The Bertz CT molecular complexity index is 642. The zero-order valence-corrected chi connectivity index (χ0v) is 19.6. The fourth-order valence-electron chi connectivity index (χ4n) is 2.33. The Hall–Kier alpha value is -0.753. The van der Waals surface area contributed by atoms with E-state index >= 15 is 0 Å². The second-order valence-corrected chi connectivity index (χ2v) is 15.2. The van der Waals surface area contributed by atoms with Crippen LogP contribution in [0.15, 0.2) is 40.1 Å². The van der Waals surface area contributed by atoms with Crippen molar-refractivity contribution in [1.82, 2.24) is 0 Å². The fourth-order valence-corrected chi connectivity index (χ4v) is 5.21. The first-order valence-corrected chi connectivity index (χ1v) is 13.4. The predicted molar refractivity (Wildman–Crippen MR) is 114 cm³/mol. The maximum atomic E-state index is 13.1. The molecule has 0 radical (unpaired) electrons. The minimum Gasteiger partial charge on any atom is -0.411 e. The topological polar surface area (TPSA) is 46.5 Å². The number of hydrogen-bond donors (Lipinski definition) is 1. The van der Waals surface area contributed by atoms with Crippen LogP contribution in [0, 0.1) is 12.8 Å². The fraction of sp³-hybridized carbons (Fsp3) is 0.619. The summed E-state index contributed by atoms with van der Waals surface area (Å²) in [5.74, 6) is 0.189. The standard InChI is InChI=1S/C21H36O3SSi/c1-15(2)14-19(25(23)18-12-10-16(3)11-13-18)20(22)17(4)24-26(8,9)21(5,6)7/h10-15,17,20,22H,1-9H3/b19-14+/t17-,20-,25+/m0/s1. The van der Waals surface area contributed by atoms with Gasteiger partial charge in [0.2, 0.25) is 0 Å². The van der Waals surface area contributed by atoms with E-state index in [0.29, 0.717) is 9.80 Å². The molecule has 0 aliphatic rings. The number of aliphatic hydroxyl groups excluding tert-OH is 1. The van der Waals surface area contributed by atoms with Crippen LogP contribution in [-0.4, -0.2) is 29.8 Å². The quantitative estimate of drug-likeness (QED) is 0.627. The third kappa shape index (κ3) is 6.15. The lowest BCUT2D eigenvalue weighted by Crippen LogP contribution is -2.46. The average molecular weight is 397 g/mol. The van der Waals surface area contributed by atoms with E-state index in [1.165, 1.54) is 0 Å².